The van der Waals surface area contributed by atoms with Crippen molar-refractivity contribution >= 4 is 40.4 Å². The average molecular weight is 367 g/mol. The van der Waals surface area contributed by atoms with Crippen molar-refractivity contribution in [1.82, 2.24) is 10.3 Å². The SMILES string of the molecule is O=C(/C=C/c1cccs1)NCC1CCN(c2nc3ccccc3o2)CC1. The molecule has 0 unspecified atom stereocenters. The minimum absolute atomic E-state index is 0.0280. The van der Waals surface area contributed by atoms with Crippen molar-refractivity contribution in [3.8, 4) is 0 Å². The molecule has 1 aliphatic heterocycles. The van der Waals surface area contributed by atoms with E-state index in [0.29, 0.717) is 11.9 Å². The molecule has 1 N–H and O–H groups in total. The zero-order valence-electron chi connectivity index (χ0n) is 14.4. The topological polar surface area (TPSA) is 58.4 Å². The first kappa shape index (κ1) is 16.8. The standard InChI is InChI=1S/C20H21N3O2S/c24-19(8-7-16-4-3-13-26-16)21-14-15-9-11-23(12-10-15)20-22-17-5-1-2-6-18(17)25-20/h1-8,13,15H,9-12,14H2,(H,21,24)/b8-7+. The number of para-hydroxylation sites is 2. The van der Waals surface area contributed by atoms with Crippen LogP contribution in [0.25, 0.3) is 17.2 Å². The Morgan fingerprint density at radius 1 is 1.27 bits per heavy atom. The zero-order valence-corrected chi connectivity index (χ0v) is 15.2. The van der Waals surface area contributed by atoms with E-state index in [9.17, 15) is 4.79 Å². The van der Waals surface area contributed by atoms with Crippen molar-refractivity contribution < 1.29 is 9.21 Å². The summed E-state index contributed by atoms with van der Waals surface area (Å²) < 4.78 is 5.85. The van der Waals surface area contributed by atoms with Crippen molar-refractivity contribution in [2.45, 2.75) is 12.8 Å². The largest absolute Gasteiger partial charge is 0.423 e. The molecule has 0 spiro atoms. The Bertz CT molecular complexity index is 860. The number of hydrogen-bond donors (Lipinski definition) is 1. The van der Waals surface area contributed by atoms with Crippen molar-refractivity contribution in [1.29, 1.82) is 0 Å². The lowest BCUT2D eigenvalue weighted by molar-refractivity contribution is -0.116. The molecule has 26 heavy (non-hydrogen) atoms. The Balaban J connectivity index is 1.25. The minimum atomic E-state index is -0.0280. The van der Waals surface area contributed by atoms with Crippen LogP contribution in [-0.2, 0) is 4.79 Å². The van der Waals surface area contributed by atoms with Gasteiger partial charge in [0.1, 0.15) is 5.52 Å². The number of amides is 1. The smallest absolute Gasteiger partial charge is 0.298 e. The van der Waals surface area contributed by atoms with E-state index in [-0.39, 0.29) is 5.91 Å². The monoisotopic (exact) mass is 367 g/mol. The molecule has 3 heterocycles. The molecule has 0 radical (unpaired) electrons. The highest BCUT2D eigenvalue weighted by molar-refractivity contribution is 7.10. The Labute approximate surface area is 156 Å². The van der Waals surface area contributed by atoms with Crippen molar-refractivity contribution in [3.05, 3.63) is 52.7 Å². The fourth-order valence-corrected chi connectivity index (χ4v) is 3.79. The number of carbonyl (C=O) groups excluding carboxylic acids is 1. The normalized spacial score (nSPS) is 15.8. The molecule has 0 atom stereocenters. The number of fused-ring (bicyclic) bond motifs is 1. The van der Waals surface area contributed by atoms with Gasteiger partial charge < -0.3 is 14.6 Å². The van der Waals surface area contributed by atoms with Crippen LogP contribution in [0, 0.1) is 5.92 Å². The first-order valence-corrected chi connectivity index (χ1v) is 9.76. The van der Waals surface area contributed by atoms with Gasteiger partial charge in [0.15, 0.2) is 5.58 Å². The molecule has 2 aromatic heterocycles. The number of carbonyl (C=O) groups is 1. The third-order valence-electron chi connectivity index (χ3n) is 4.67. The molecule has 0 saturated carbocycles. The summed E-state index contributed by atoms with van der Waals surface area (Å²) in [5.41, 5.74) is 1.73. The molecule has 1 aliphatic rings. The molecule has 5 nitrogen and oxygen atoms in total. The quantitative estimate of drug-likeness (QED) is 0.694. The van der Waals surface area contributed by atoms with E-state index < -0.39 is 0 Å². The molecule has 1 amide bonds. The maximum Gasteiger partial charge on any atom is 0.298 e. The number of piperidine rings is 1. The average Bonchev–Trinajstić information content (AvgIpc) is 3.34. The molecule has 0 aliphatic carbocycles. The number of nitrogens with zero attached hydrogens (tertiary/aromatic N) is 2. The number of anilines is 1. The van der Waals surface area contributed by atoms with Gasteiger partial charge in [-0.15, -0.1) is 11.3 Å². The molecular weight excluding hydrogens is 346 g/mol. The van der Waals surface area contributed by atoms with Crippen LogP contribution in [0.2, 0.25) is 0 Å². The number of hydrogen-bond acceptors (Lipinski definition) is 5. The molecule has 1 fully saturated rings. The van der Waals surface area contributed by atoms with Gasteiger partial charge >= 0.3 is 0 Å². The third kappa shape index (κ3) is 3.96. The Morgan fingerprint density at radius 3 is 2.88 bits per heavy atom. The predicted octanol–water partition coefficient (Wildman–Crippen LogP) is 3.94. The summed E-state index contributed by atoms with van der Waals surface area (Å²) in [6.45, 7) is 2.52. The Hall–Kier alpha value is -2.60. The van der Waals surface area contributed by atoms with Crippen molar-refractivity contribution in [2.24, 2.45) is 5.92 Å². The van der Waals surface area contributed by atoms with Crippen molar-refractivity contribution in [2.75, 3.05) is 24.5 Å². The van der Waals surface area contributed by atoms with E-state index in [4.69, 9.17) is 4.42 Å². The highest BCUT2D eigenvalue weighted by atomic mass is 32.1. The number of aromatic nitrogens is 1. The number of nitrogens with one attached hydrogen (secondary N) is 1. The highest BCUT2D eigenvalue weighted by Crippen LogP contribution is 2.26. The second kappa shape index (κ2) is 7.74. The molecule has 6 heteroatoms. The lowest BCUT2D eigenvalue weighted by atomic mass is 9.97. The fourth-order valence-electron chi connectivity index (χ4n) is 3.17. The molecule has 1 aromatic carbocycles. The Kier molecular flexibility index (Phi) is 5.02. The van der Waals surface area contributed by atoms with E-state index >= 15 is 0 Å². The summed E-state index contributed by atoms with van der Waals surface area (Å²) in [4.78, 5) is 19.8. The summed E-state index contributed by atoms with van der Waals surface area (Å²) in [5, 5.41) is 5.01. The van der Waals surface area contributed by atoms with Gasteiger partial charge in [0.25, 0.3) is 6.01 Å². The minimum Gasteiger partial charge on any atom is -0.423 e. The van der Waals surface area contributed by atoms with Crippen LogP contribution in [0.15, 0.2) is 52.3 Å². The first-order chi connectivity index (χ1) is 12.8. The maximum absolute atomic E-state index is 11.9. The van der Waals surface area contributed by atoms with Gasteiger partial charge in [-0.25, -0.2) is 0 Å². The van der Waals surface area contributed by atoms with Gasteiger partial charge in [-0.1, -0.05) is 18.2 Å². The fraction of sp³-hybridized carbons (Fsp3) is 0.300. The molecule has 134 valence electrons. The number of oxazole rings is 1. The third-order valence-corrected chi connectivity index (χ3v) is 5.51. The van der Waals surface area contributed by atoms with Crippen LogP contribution < -0.4 is 10.2 Å². The van der Waals surface area contributed by atoms with Gasteiger partial charge in [-0.05, 0) is 48.4 Å². The zero-order chi connectivity index (χ0) is 17.8. The second-order valence-electron chi connectivity index (χ2n) is 6.49. The summed E-state index contributed by atoms with van der Waals surface area (Å²) in [6.07, 6.45) is 5.51. The van der Waals surface area contributed by atoms with Crippen LogP contribution in [-0.4, -0.2) is 30.5 Å². The van der Waals surface area contributed by atoms with E-state index in [2.05, 4.69) is 15.2 Å². The Morgan fingerprint density at radius 2 is 2.12 bits per heavy atom. The lowest BCUT2D eigenvalue weighted by Gasteiger charge is -2.30. The van der Waals surface area contributed by atoms with Crippen LogP contribution in [0.5, 0.6) is 0 Å². The van der Waals surface area contributed by atoms with E-state index in [0.717, 1.165) is 48.5 Å². The van der Waals surface area contributed by atoms with Crippen LogP contribution >= 0.6 is 11.3 Å². The molecule has 3 aromatic rings. The van der Waals surface area contributed by atoms with Crippen molar-refractivity contribution in [3.63, 3.8) is 0 Å². The van der Waals surface area contributed by atoms with Gasteiger partial charge in [-0.2, -0.15) is 4.98 Å². The van der Waals surface area contributed by atoms with Gasteiger partial charge in [0.05, 0.1) is 0 Å². The summed E-state index contributed by atoms with van der Waals surface area (Å²) in [6, 6.07) is 12.5. The summed E-state index contributed by atoms with van der Waals surface area (Å²) >= 11 is 1.62. The number of thiophene rings is 1. The summed E-state index contributed by atoms with van der Waals surface area (Å²) in [7, 11) is 0. The number of benzene rings is 1. The predicted molar refractivity (Wildman–Crippen MR) is 105 cm³/mol. The maximum atomic E-state index is 11.9. The van der Waals surface area contributed by atoms with E-state index in [1.54, 1.807) is 17.4 Å². The lowest BCUT2D eigenvalue weighted by Crippen LogP contribution is -2.38. The number of rotatable bonds is 5. The highest BCUT2D eigenvalue weighted by Gasteiger charge is 2.22. The molecule has 0 bridgehead atoms. The van der Waals surface area contributed by atoms with Crippen LogP contribution in [0.1, 0.15) is 17.7 Å². The first-order valence-electron chi connectivity index (χ1n) is 8.88. The molecule has 1 saturated heterocycles. The second-order valence-corrected chi connectivity index (χ2v) is 7.47. The molecular formula is C20H21N3O2S. The van der Waals surface area contributed by atoms with Gasteiger partial charge in [-0.3, -0.25) is 4.79 Å². The summed E-state index contributed by atoms with van der Waals surface area (Å²) in [5.74, 6) is 0.467. The van der Waals surface area contributed by atoms with Crippen LogP contribution in [0.4, 0.5) is 6.01 Å². The van der Waals surface area contributed by atoms with E-state index in [1.165, 1.54) is 0 Å². The van der Waals surface area contributed by atoms with E-state index in [1.807, 2.05) is 47.9 Å². The molecule has 4 rings (SSSR count). The van der Waals surface area contributed by atoms with Gasteiger partial charge in [0.2, 0.25) is 5.91 Å². The van der Waals surface area contributed by atoms with Crippen LogP contribution in [0.3, 0.4) is 0 Å². The van der Waals surface area contributed by atoms with Gasteiger partial charge in [0, 0.05) is 30.6 Å².